The van der Waals surface area contributed by atoms with Crippen LogP contribution in [-0.4, -0.2) is 18.5 Å². The summed E-state index contributed by atoms with van der Waals surface area (Å²) < 4.78 is 0. The maximum Gasteiger partial charge on any atom is 0.224 e. The number of benzene rings is 1. The van der Waals surface area contributed by atoms with Crippen LogP contribution in [0.1, 0.15) is 44.6 Å². The lowest BCUT2D eigenvalue weighted by Crippen LogP contribution is -2.27. The van der Waals surface area contributed by atoms with E-state index in [0.717, 1.165) is 24.7 Å². The van der Waals surface area contributed by atoms with Crippen molar-refractivity contribution in [1.29, 1.82) is 0 Å². The van der Waals surface area contributed by atoms with Gasteiger partial charge >= 0.3 is 0 Å². The summed E-state index contributed by atoms with van der Waals surface area (Å²) in [5.41, 5.74) is 2.21. The highest BCUT2D eigenvalue weighted by molar-refractivity contribution is 5.90. The molecule has 0 aromatic heterocycles. The standard InChI is InChI=1S/C16H24N2O/c1-2-16(19)18-15-9-7-13(8-10-15)11-12-17-14-5-3-4-6-14/h7-10,14,17H,2-6,11-12H2,1H3,(H,18,19). The van der Waals surface area contributed by atoms with Crippen molar-refractivity contribution in [3.8, 4) is 0 Å². The van der Waals surface area contributed by atoms with Crippen LogP contribution in [0.25, 0.3) is 0 Å². The molecule has 0 spiro atoms. The number of hydrogen-bond acceptors (Lipinski definition) is 2. The fourth-order valence-electron chi connectivity index (χ4n) is 2.55. The third-order valence-corrected chi connectivity index (χ3v) is 3.76. The summed E-state index contributed by atoms with van der Waals surface area (Å²) >= 11 is 0. The van der Waals surface area contributed by atoms with Gasteiger partial charge < -0.3 is 10.6 Å². The second-order valence-electron chi connectivity index (χ2n) is 5.28. The van der Waals surface area contributed by atoms with E-state index >= 15 is 0 Å². The van der Waals surface area contributed by atoms with Crippen molar-refractivity contribution in [2.45, 2.75) is 51.5 Å². The molecule has 1 aromatic rings. The van der Waals surface area contributed by atoms with Crippen molar-refractivity contribution in [3.05, 3.63) is 29.8 Å². The minimum absolute atomic E-state index is 0.0654. The highest BCUT2D eigenvalue weighted by Crippen LogP contribution is 2.17. The van der Waals surface area contributed by atoms with Crippen molar-refractivity contribution < 1.29 is 4.79 Å². The van der Waals surface area contributed by atoms with Crippen molar-refractivity contribution in [3.63, 3.8) is 0 Å². The van der Waals surface area contributed by atoms with Gasteiger partial charge in [-0.3, -0.25) is 4.79 Å². The van der Waals surface area contributed by atoms with E-state index in [1.165, 1.54) is 31.2 Å². The van der Waals surface area contributed by atoms with Crippen molar-refractivity contribution in [2.75, 3.05) is 11.9 Å². The average Bonchev–Trinajstić information content (AvgIpc) is 2.94. The molecule has 1 aliphatic rings. The fourth-order valence-corrected chi connectivity index (χ4v) is 2.55. The molecular weight excluding hydrogens is 236 g/mol. The van der Waals surface area contributed by atoms with Gasteiger partial charge in [-0.2, -0.15) is 0 Å². The maximum absolute atomic E-state index is 11.3. The van der Waals surface area contributed by atoms with Gasteiger partial charge in [0.1, 0.15) is 0 Å². The fraction of sp³-hybridized carbons (Fsp3) is 0.562. The maximum atomic E-state index is 11.3. The van der Waals surface area contributed by atoms with Crippen LogP contribution in [-0.2, 0) is 11.2 Å². The Morgan fingerprint density at radius 1 is 1.21 bits per heavy atom. The number of anilines is 1. The van der Waals surface area contributed by atoms with Crippen LogP contribution in [0.5, 0.6) is 0 Å². The van der Waals surface area contributed by atoms with E-state index < -0.39 is 0 Å². The molecule has 2 rings (SSSR count). The Bertz CT molecular complexity index is 394. The summed E-state index contributed by atoms with van der Waals surface area (Å²) in [6, 6.07) is 8.91. The molecule has 3 nitrogen and oxygen atoms in total. The summed E-state index contributed by atoms with van der Waals surface area (Å²) in [4.78, 5) is 11.3. The molecule has 1 amide bonds. The van der Waals surface area contributed by atoms with E-state index in [0.29, 0.717) is 6.42 Å². The number of amides is 1. The molecule has 3 heteroatoms. The van der Waals surface area contributed by atoms with Crippen LogP contribution in [0.2, 0.25) is 0 Å². The molecule has 0 bridgehead atoms. The van der Waals surface area contributed by atoms with Gasteiger partial charge in [-0.25, -0.2) is 0 Å². The number of carbonyl (C=O) groups is 1. The van der Waals surface area contributed by atoms with Crippen LogP contribution < -0.4 is 10.6 Å². The zero-order valence-electron chi connectivity index (χ0n) is 11.7. The van der Waals surface area contributed by atoms with E-state index in [2.05, 4.69) is 22.8 Å². The van der Waals surface area contributed by atoms with Crippen LogP contribution in [0.4, 0.5) is 5.69 Å². The first kappa shape index (κ1) is 14.1. The highest BCUT2D eigenvalue weighted by Gasteiger charge is 2.13. The topological polar surface area (TPSA) is 41.1 Å². The Labute approximate surface area is 115 Å². The second-order valence-corrected chi connectivity index (χ2v) is 5.28. The Balaban J connectivity index is 1.73. The van der Waals surface area contributed by atoms with Gasteiger partial charge in [0.05, 0.1) is 0 Å². The van der Waals surface area contributed by atoms with Crippen LogP contribution in [0.3, 0.4) is 0 Å². The van der Waals surface area contributed by atoms with Crippen molar-refractivity contribution in [2.24, 2.45) is 0 Å². The van der Waals surface area contributed by atoms with Gasteiger partial charge in [0.15, 0.2) is 0 Å². The van der Waals surface area contributed by atoms with Gasteiger partial charge in [0, 0.05) is 18.2 Å². The first-order chi connectivity index (χ1) is 9.28. The molecule has 0 radical (unpaired) electrons. The van der Waals surface area contributed by atoms with E-state index in [4.69, 9.17) is 0 Å². The molecule has 104 valence electrons. The summed E-state index contributed by atoms with van der Waals surface area (Å²) in [7, 11) is 0. The minimum atomic E-state index is 0.0654. The van der Waals surface area contributed by atoms with Crippen LogP contribution >= 0.6 is 0 Å². The quantitative estimate of drug-likeness (QED) is 0.825. The summed E-state index contributed by atoms with van der Waals surface area (Å²) in [5.74, 6) is 0.0654. The SMILES string of the molecule is CCC(=O)Nc1ccc(CCNC2CCCC2)cc1. The minimum Gasteiger partial charge on any atom is -0.326 e. The Morgan fingerprint density at radius 3 is 2.53 bits per heavy atom. The normalized spacial score (nSPS) is 15.6. The molecule has 1 fully saturated rings. The zero-order chi connectivity index (χ0) is 13.5. The summed E-state index contributed by atoms with van der Waals surface area (Å²) in [6.45, 7) is 2.91. The van der Waals surface area contributed by atoms with Crippen LogP contribution in [0, 0.1) is 0 Å². The van der Waals surface area contributed by atoms with Gasteiger partial charge in [-0.15, -0.1) is 0 Å². The molecule has 0 heterocycles. The van der Waals surface area contributed by atoms with Gasteiger partial charge in [-0.1, -0.05) is 31.9 Å². The lowest BCUT2D eigenvalue weighted by atomic mass is 10.1. The Kier molecular flexibility index (Phi) is 5.40. The predicted octanol–water partition coefficient (Wildman–Crippen LogP) is 3.11. The van der Waals surface area contributed by atoms with Gasteiger partial charge in [0.25, 0.3) is 0 Å². The number of nitrogens with one attached hydrogen (secondary N) is 2. The lowest BCUT2D eigenvalue weighted by molar-refractivity contribution is -0.115. The third-order valence-electron chi connectivity index (χ3n) is 3.76. The predicted molar refractivity (Wildman–Crippen MR) is 79.3 cm³/mol. The number of rotatable bonds is 6. The van der Waals surface area contributed by atoms with Gasteiger partial charge in [-0.05, 0) is 43.5 Å². The molecule has 1 saturated carbocycles. The van der Waals surface area contributed by atoms with Crippen molar-refractivity contribution in [1.82, 2.24) is 5.32 Å². The highest BCUT2D eigenvalue weighted by atomic mass is 16.1. The molecule has 19 heavy (non-hydrogen) atoms. The zero-order valence-corrected chi connectivity index (χ0v) is 11.7. The molecule has 0 unspecified atom stereocenters. The molecule has 2 N–H and O–H groups in total. The molecular formula is C16H24N2O. The van der Waals surface area contributed by atoms with E-state index in [9.17, 15) is 4.79 Å². The van der Waals surface area contributed by atoms with E-state index in [-0.39, 0.29) is 5.91 Å². The third kappa shape index (κ3) is 4.67. The first-order valence-electron chi connectivity index (χ1n) is 7.40. The number of hydrogen-bond donors (Lipinski definition) is 2. The largest absolute Gasteiger partial charge is 0.326 e. The Morgan fingerprint density at radius 2 is 1.89 bits per heavy atom. The molecule has 1 aromatic carbocycles. The van der Waals surface area contributed by atoms with E-state index in [1.54, 1.807) is 0 Å². The summed E-state index contributed by atoms with van der Waals surface area (Å²) in [6.07, 6.45) is 7.00. The molecule has 0 atom stereocenters. The van der Waals surface area contributed by atoms with Crippen molar-refractivity contribution >= 4 is 11.6 Å². The molecule has 0 saturated heterocycles. The van der Waals surface area contributed by atoms with Gasteiger partial charge in [0.2, 0.25) is 5.91 Å². The number of carbonyl (C=O) groups excluding carboxylic acids is 1. The lowest BCUT2D eigenvalue weighted by Gasteiger charge is -2.11. The average molecular weight is 260 g/mol. The van der Waals surface area contributed by atoms with Crippen LogP contribution in [0.15, 0.2) is 24.3 Å². The van der Waals surface area contributed by atoms with E-state index in [1.807, 2.05) is 19.1 Å². The molecule has 0 aliphatic heterocycles. The first-order valence-corrected chi connectivity index (χ1v) is 7.40. The Hall–Kier alpha value is -1.35. The molecule has 1 aliphatic carbocycles. The summed E-state index contributed by atoms with van der Waals surface area (Å²) in [5, 5.41) is 6.48. The second kappa shape index (κ2) is 7.29. The monoisotopic (exact) mass is 260 g/mol. The smallest absolute Gasteiger partial charge is 0.224 e.